The minimum atomic E-state index is -0.446. The van der Waals surface area contributed by atoms with Crippen molar-refractivity contribution in [3.63, 3.8) is 0 Å². The average molecular weight is 326 g/mol. The Balaban J connectivity index is 2.39. The van der Waals surface area contributed by atoms with Crippen LogP contribution in [0.25, 0.3) is 32.6 Å². The van der Waals surface area contributed by atoms with Crippen molar-refractivity contribution >= 4 is 32.6 Å². The number of nitrogens with zero attached hydrogens (tertiary/aromatic N) is 3. The second-order valence-electron chi connectivity index (χ2n) is 6.87. The summed E-state index contributed by atoms with van der Waals surface area (Å²) in [5.74, 6) is 0.00902. The zero-order chi connectivity index (χ0) is 17.2. The van der Waals surface area contributed by atoms with Crippen LogP contribution in [0.4, 0.5) is 4.39 Å². The van der Waals surface area contributed by atoms with Gasteiger partial charge in [0, 0.05) is 21.6 Å². The summed E-state index contributed by atoms with van der Waals surface area (Å²) < 4.78 is 14.8. The third-order valence-corrected chi connectivity index (χ3v) is 4.14. The molecule has 0 radical (unpaired) electrons. The summed E-state index contributed by atoms with van der Waals surface area (Å²) in [5, 5.41) is 18.6. The van der Waals surface area contributed by atoms with E-state index in [9.17, 15) is 14.4 Å². The van der Waals surface area contributed by atoms with E-state index >= 15 is 0 Å². The number of H-pyrrole nitrogens is 1. The quantitative estimate of drug-likeness (QED) is 0.384. The van der Waals surface area contributed by atoms with Crippen LogP contribution in [0.5, 0.6) is 0 Å². The lowest BCUT2D eigenvalue weighted by molar-refractivity contribution is 0.176. The molecule has 2 N–H and O–H groups in total. The van der Waals surface area contributed by atoms with Crippen molar-refractivity contribution in [2.75, 3.05) is 0 Å². The van der Waals surface area contributed by atoms with Crippen LogP contribution in [0, 0.1) is 5.82 Å². The topological polar surface area (TPSA) is 83.8 Å². The minimum Gasteiger partial charge on any atom is -0.427 e. The number of aromatic amines is 1. The van der Waals surface area contributed by atoms with E-state index < -0.39 is 16.8 Å². The van der Waals surface area contributed by atoms with Crippen molar-refractivity contribution in [1.29, 1.82) is 0 Å². The molecular weight excluding hydrogens is 311 g/mol. The van der Waals surface area contributed by atoms with Crippen molar-refractivity contribution < 1.29 is 9.60 Å². The molecule has 2 aromatic carbocycles. The van der Waals surface area contributed by atoms with Gasteiger partial charge in [-0.25, -0.2) is 14.5 Å². The lowest BCUT2D eigenvalue weighted by Gasteiger charge is -2.16. The number of benzene rings is 2. The molecule has 0 fully saturated rings. The summed E-state index contributed by atoms with van der Waals surface area (Å²) in [5.41, 5.74) is 0.0506. The molecule has 2 aromatic heterocycles. The van der Waals surface area contributed by atoms with Gasteiger partial charge < -0.3 is 5.21 Å². The van der Waals surface area contributed by atoms with E-state index in [1.165, 1.54) is 18.3 Å². The molecule has 4 aromatic rings. The standard InChI is InChI=1S/C17H15FN4O2/c1-17(2,3)16-20-13-9-5-4-8(18)6-10(9)12-11(14(13)22(16)24)7-19-21-15(12)23/h4-7,24H,1-3H3,(H,21,23). The molecule has 2 heterocycles. The molecule has 7 heteroatoms. The van der Waals surface area contributed by atoms with Crippen LogP contribution in [0.3, 0.4) is 0 Å². The molecule has 6 nitrogen and oxygen atoms in total. The van der Waals surface area contributed by atoms with Crippen molar-refractivity contribution in [2.45, 2.75) is 26.2 Å². The molecule has 122 valence electrons. The SMILES string of the molecule is CC(C)(C)c1nc2c3ccc(F)cc3c3c(=O)[nH]ncc3c2n1O. The Morgan fingerprint density at radius 1 is 1.21 bits per heavy atom. The minimum absolute atomic E-state index is 0.280. The van der Waals surface area contributed by atoms with E-state index in [0.717, 1.165) is 4.73 Å². The van der Waals surface area contributed by atoms with Crippen LogP contribution in [0.1, 0.15) is 26.6 Å². The number of nitrogens with one attached hydrogen (secondary N) is 1. The maximum absolute atomic E-state index is 13.8. The van der Waals surface area contributed by atoms with E-state index in [-0.39, 0.29) is 5.39 Å². The molecule has 0 bridgehead atoms. The molecule has 0 unspecified atom stereocenters. The summed E-state index contributed by atoms with van der Waals surface area (Å²) in [7, 11) is 0. The first-order chi connectivity index (χ1) is 11.3. The van der Waals surface area contributed by atoms with E-state index in [1.807, 2.05) is 20.8 Å². The number of aromatic nitrogens is 4. The molecule has 0 spiro atoms. The highest BCUT2D eigenvalue weighted by atomic mass is 19.1. The van der Waals surface area contributed by atoms with Crippen LogP contribution < -0.4 is 5.56 Å². The summed E-state index contributed by atoms with van der Waals surface area (Å²) in [6.07, 6.45) is 1.45. The molecule has 4 rings (SSSR count). The predicted molar refractivity (Wildman–Crippen MR) is 89.0 cm³/mol. The Bertz CT molecular complexity index is 1180. The Kier molecular flexibility index (Phi) is 2.76. The zero-order valence-corrected chi connectivity index (χ0v) is 13.4. The molecule has 0 aliphatic rings. The van der Waals surface area contributed by atoms with E-state index in [0.29, 0.717) is 33.0 Å². The van der Waals surface area contributed by atoms with Crippen LogP contribution >= 0.6 is 0 Å². The summed E-state index contributed by atoms with van der Waals surface area (Å²) in [6, 6.07) is 4.20. The monoisotopic (exact) mass is 326 g/mol. The average Bonchev–Trinajstić information content (AvgIpc) is 2.85. The van der Waals surface area contributed by atoms with Gasteiger partial charge in [-0.15, -0.1) is 0 Å². The van der Waals surface area contributed by atoms with Crippen LogP contribution in [0.2, 0.25) is 0 Å². The second kappa shape index (κ2) is 4.53. The normalized spacial score (nSPS) is 12.5. The van der Waals surface area contributed by atoms with E-state index in [4.69, 9.17) is 0 Å². The number of rotatable bonds is 0. The molecule has 0 saturated heterocycles. The maximum Gasteiger partial charge on any atom is 0.272 e. The number of hydrogen-bond acceptors (Lipinski definition) is 4. The molecular formula is C17H15FN4O2. The van der Waals surface area contributed by atoms with Gasteiger partial charge in [0.25, 0.3) is 5.56 Å². The molecule has 0 aliphatic carbocycles. The number of imidazole rings is 1. The fraction of sp³-hybridized carbons (Fsp3) is 0.235. The first-order valence-electron chi connectivity index (χ1n) is 7.50. The van der Waals surface area contributed by atoms with Crippen molar-refractivity contribution in [2.24, 2.45) is 0 Å². The summed E-state index contributed by atoms with van der Waals surface area (Å²) in [6.45, 7) is 5.78. The van der Waals surface area contributed by atoms with Gasteiger partial charge in [-0.1, -0.05) is 20.8 Å². The highest BCUT2D eigenvalue weighted by molar-refractivity contribution is 6.22. The summed E-state index contributed by atoms with van der Waals surface area (Å²) >= 11 is 0. The van der Waals surface area contributed by atoms with Crippen LogP contribution in [-0.4, -0.2) is 25.1 Å². The second-order valence-corrected chi connectivity index (χ2v) is 6.87. The highest BCUT2D eigenvalue weighted by Crippen LogP contribution is 2.35. The molecule has 0 saturated carbocycles. The number of fused-ring (bicyclic) bond motifs is 6. The Morgan fingerprint density at radius 2 is 1.96 bits per heavy atom. The van der Waals surface area contributed by atoms with Crippen molar-refractivity contribution in [1.82, 2.24) is 19.9 Å². The van der Waals surface area contributed by atoms with Crippen molar-refractivity contribution in [3.05, 3.63) is 46.4 Å². The third-order valence-electron chi connectivity index (χ3n) is 4.14. The van der Waals surface area contributed by atoms with Crippen LogP contribution in [0.15, 0.2) is 29.2 Å². The fourth-order valence-corrected chi connectivity index (χ4v) is 3.10. The van der Waals surface area contributed by atoms with Gasteiger partial charge in [-0.3, -0.25) is 4.79 Å². The highest BCUT2D eigenvalue weighted by Gasteiger charge is 2.26. The Morgan fingerprint density at radius 3 is 2.67 bits per heavy atom. The maximum atomic E-state index is 13.8. The Labute approximate surface area is 135 Å². The number of hydrogen-bond donors (Lipinski definition) is 2. The molecule has 24 heavy (non-hydrogen) atoms. The lowest BCUT2D eigenvalue weighted by atomic mass is 9.96. The summed E-state index contributed by atoms with van der Waals surface area (Å²) in [4.78, 5) is 16.9. The number of halogens is 1. The first-order valence-corrected chi connectivity index (χ1v) is 7.50. The third kappa shape index (κ3) is 1.84. The van der Waals surface area contributed by atoms with Crippen LogP contribution in [-0.2, 0) is 5.41 Å². The van der Waals surface area contributed by atoms with Crippen molar-refractivity contribution in [3.8, 4) is 0 Å². The van der Waals surface area contributed by atoms with Gasteiger partial charge in [-0.2, -0.15) is 9.83 Å². The van der Waals surface area contributed by atoms with E-state index in [2.05, 4.69) is 15.2 Å². The van der Waals surface area contributed by atoms with Gasteiger partial charge in [-0.05, 0) is 18.2 Å². The zero-order valence-electron chi connectivity index (χ0n) is 13.4. The molecule has 0 atom stereocenters. The predicted octanol–water partition coefficient (Wildman–Crippen LogP) is 3.10. The smallest absolute Gasteiger partial charge is 0.272 e. The Hall–Kier alpha value is -2.96. The first kappa shape index (κ1) is 14.6. The molecule has 0 amide bonds. The largest absolute Gasteiger partial charge is 0.427 e. The van der Waals surface area contributed by atoms with Gasteiger partial charge in [0.15, 0.2) is 5.82 Å². The van der Waals surface area contributed by atoms with Gasteiger partial charge >= 0.3 is 0 Å². The lowest BCUT2D eigenvalue weighted by Crippen LogP contribution is -2.17. The fourth-order valence-electron chi connectivity index (χ4n) is 3.10. The van der Waals surface area contributed by atoms with Gasteiger partial charge in [0.2, 0.25) is 0 Å². The van der Waals surface area contributed by atoms with Gasteiger partial charge in [0.1, 0.15) is 16.9 Å². The molecule has 0 aliphatic heterocycles. The van der Waals surface area contributed by atoms with Gasteiger partial charge in [0.05, 0.1) is 11.6 Å². The van der Waals surface area contributed by atoms with E-state index in [1.54, 1.807) is 6.07 Å².